The number of rotatable bonds is 4. The summed E-state index contributed by atoms with van der Waals surface area (Å²) in [5.74, 6) is 0. The fourth-order valence-corrected chi connectivity index (χ4v) is 2.45. The van der Waals surface area contributed by atoms with Crippen molar-refractivity contribution < 1.29 is 0 Å². The van der Waals surface area contributed by atoms with E-state index in [0.29, 0.717) is 6.04 Å². The molecule has 0 amide bonds. The van der Waals surface area contributed by atoms with Gasteiger partial charge in [-0.3, -0.25) is 0 Å². The standard InChI is InChI=1S/C12H26N2/c1-11(10-14(2)3)13-12-8-6-4-5-7-9-12/h11-13H,4-10H2,1-3H3. The Bertz CT molecular complexity index is 137. The van der Waals surface area contributed by atoms with Crippen LogP contribution in [0.1, 0.15) is 45.4 Å². The van der Waals surface area contributed by atoms with Crippen LogP contribution in [-0.2, 0) is 0 Å². The molecule has 0 heterocycles. The molecule has 0 aliphatic heterocycles. The molecule has 0 aromatic rings. The van der Waals surface area contributed by atoms with Gasteiger partial charge in [0.1, 0.15) is 0 Å². The summed E-state index contributed by atoms with van der Waals surface area (Å²) in [6, 6.07) is 1.42. The van der Waals surface area contributed by atoms with E-state index in [1.165, 1.54) is 38.5 Å². The summed E-state index contributed by atoms with van der Waals surface area (Å²) >= 11 is 0. The van der Waals surface area contributed by atoms with Crippen molar-refractivity contribution >= 4 is 0 Å². The molecule has 14 heavy (non-hydrogen) atoms. The third kappa shape index (κ3) is 4.97. The highest BCUT2D eigenvalue weighted by atomic mass is 15.1. The smallest absolute Gasteiger partial charge is 0.0169 e. The summed E-state index contributed by atoms with van der Waals surface area (Å²) < 4.78 is 0. The van der Waals surface area contributed by atoms with Crippen molar-refractivity contribution in [3.8, 4) is 0 Å². The fraction of sp³-hybridized carbons (Fsp3) is 1.00. The van der Waals surface area contributed by atoms with Crippen molar-refractivity contribution in [1.82, 2.24) is 10.2 Å². The molecule has 1 fully saturated rings. The molecule has 0 aromatic heterocycles. The first kappa shape index (κ1) is 12.0. The molecule has 0 aromatic carbocycles. The first-order valence-corrected chi connectivity index (χ1v) is 6.09. The molecule has 1 atom stereocenters. The molecule has 1 aliphatic carbocycles. The van der Waals surface area contributed by atoms with Crippen LogP contribution >= 0.6 is 0 Å². The molecule has 84 valence electrons. The largest absolute Gasteiger partial charge is 0.310 e. The Morgan fingerprint density at radius 1 is 1.14 bits per heavy atom. The van der Waals surface area contributed by atoms with Crippen molar-refractivity contribution in [3.05, 3.63) is 0 Å². The highest BCUT2D eigenvalue weighted by molar-refractivity contribution is 4.75. The first-order chi connectivity index (χ1) is 6.68. The van der Waals surface area contributed by atoms with Crippen LogP contribution in [-0.4, -0.2) is 37.6 Å². The molecule has 0 spiro atoms. The minimum atomic E-state index is 0.632. The van der Waals surface area contributed by atoms with Crippen LogP contribution < -0.4 is 5.32 Å². The van der Waals surface area contributed by atoms with Crippen LogP contribution in [0.5, 0.6) is 0 Å². The average Bonchev–Trinajstić information content (AvgIpc) is 2.31. The normalized spacial score (nSPS) is 22.3. The zero-order valence-electron chi connectivity index (χ0n) is 10.1. The van der Waals surface area contributed by atoms with E-state index < -0.39 is 0 Å². The van der Waals surface area contributed by atoms with Crippen molar-refractivity contribution in [2.45, 2.75) is 57.5 Å². The number of hydrogen-bond acceptors (Lipinski definition) is 2. The molecule has 1 rings (SSSR count). The Morgan fingerprint density at radius 3 is 2.21 bits per heavy atom. The van der Waals surface area contributed by atoms with Crippen molar-refractivity contribution in [3.63, 3.8) is 0 Å². The Hall–Kier alpha value is -0.0800. The molecule has 2 heteroatoms. The molecular formula is C12H26N2. The Labute approximate surface area is 89.1 Å². The molecule has 2 nitrogen and oxygen atoms in total. The summed E-state index contributed by atoms with van der Waals surface area (Å²) in [6.07, 6.45) is 8.51. The number of likely N-dealkylation sites (N-methyl/N-ethyl adjacent to an activating group) is 1. The fourth-order valence-electron chi connectivity index (χ4n) is 2.45. The van der Waals surface area contributed by atoms with E-state index in [2.05, 4.69) is 31.2 Å². The summed E-state index contributed by atoms with van der Waals surface area (Å²) in [4.78, 5) is 2.26. The van der Waals surface area contributed by atoms with Gasteiger partial charge in [0, 0.05) is 18.6 Å². The predicted molar refractivity (Wildman–Crippen MR) is 62.6 cm³/mol. The minimum Gasteiger partial charge on any atom is -0.310 e. The van der Waals surface area contributed by atoms with Gasteiger partial charge in [0.2, 0.25) is 0 Å². The lowest BCUT2D eigenvalue weighted by molar-refractivity contribution is 0.317. The molecule has 1 unspecified atom stereocenters. The summed E-state index contributed by atoms with van der Waals surface area (Å²) in [5.41, 5.74) is 0. The summed E-state index contributed by atoms with van der Waals surface area (Å²) in [7, 11) is 4.29. The van der Waals surface area contributed by atoms with Crippen molar-refractivity contribution in [2.24, 2.45) is 0 Å². The van der Waals surface area contributed by atoms with Crippen LogP contribution in [0.3, 0.4) is 0 Å². The van der Waals surface area contributed by atoms with Gasteiger partial charge in [-0.05, 0) is 33.9 Å². The monoisotopic (exact) mass is 198 g/mol. The molecule has 0 saturated heterocycles. The van der Waals surface area contributed by atoms with Gasteiger partial charge in [-0.25, -0.2) is 0 Å². The van der Waals surface area contributed by atoms with Crippen LogP contribution in [0.25, 0.3) is 0 Å². The topological polar surface area (TPSA) is 15.3 Å². The van der Waals surface area contributed by atoms with E-state index in [9.17, 15) is 0 Å². The third-order valence-electron chi connectivity index (χ3n) is 3.01. The molecule has 0 bridgehead atoms. The van der Waals surface area contributed by atoms with Gasteiger partial charge < -0.3 is 10.2 Å². The van der Waals surface area contributed by atoms with E-state index in [4.69, 9.17) is 0 Å². The SMILES string of the molecule is CC(CN(C)C)NC1CCCCCC1. The van der Waals surface area contributed by atoms with Gasteiger partial charge in [0.15, 0.2) is 0 Å². The maximum atomic E-state index is 3.75. The second-order valence-corrected chi connectivity index (χ2v) is 5.02. The second-order valence-electron chi connectivity index (χ2n) is 5.02. The molecule has 1 N–H and O–H groups in total. The van der Waals surface area contributed by atoms with E-state index in [1.54, 1.807) is 0 Å². The van der Waals surface area contributed by atoms with Gasteiger partial charge in [-0.2, -0.15) is 0 Å². The van der Waals surface area contributed by atoms with Gasteiger partial charge in [-0.1, -0.05) is 25.7 Å². The zero-order chi connectivity index (χ0) is 10.4. The quantitative estimate of drug-likeness (QED) is 0.697. The van der Waals surface area contributed by atoms with E-state index in [-0.39, 0.29) is 0 Å². The Kier molecular flexibility index (Phi) is 5.49. The van der Waals surface area contributed by atoms with Gasteiger partial charge >= 0.3 is 0 Å². The lowest BCUT2D eigenvalue weighted by atomic mass is 10.1. The van der Waals surface area contributed by atoms with Crippen LogP contribution in [0.4, 0.5) is 0 Å². The summed E-state index contributed by atoms with van der Waals surface area (Å²) in [6.45, 7) is 3.45. The van der Waals surface area contributed by atoms with E-state index >= 15 is 0 Å². The number of nitrogens with zero attached hydrogens (tertiary/aromatic N) is 1. The van der Waals surface area contributed by atoms with Crippen LogP contribution in [0.15, 0.2) is 0 Å². The summed E-state index contributed by atoms with van der Waals surface area (Å²) in [5, 5.41) is 3.75. The van der Waals surface area contributed by atoms with Gasteiger partial charge in [0.25, 0.3) is 0 Å². The molecule has 1 saturated carbocycles. The number of hydrogen-bond donors (Lipinski definition) is 1. The Balaban J connectivity index is 2.20. The minimum absolute atomic E-state index is 0.632. The first-order valence-electron chi connectivity index (χ1n) is 6.09. The zero-order valence-corrected chi connectivity index (χ0v) is 10.1. The van der Waals surface area contributed by atoms with E-state index in [0.717, 1.165) is 12.6 Å². The predicted octanol–water partition coefficient (Wildman–Crippen LogP) is 2.25. The number of nitrogens with one attached hydrogen (secondary N) is 1. The highest BCUT2D eigenvalue weighted by Crippen LogP contribution is 2.17. The maximum Gasteiger partial charge on any atom is 0.0169 e. The lowest BCUT2D eigenvalue weighted by Crippen LogP contribution is -2.41. The molecule has 1 aliphatic rings. The van der Waals surface area contributed by atoms with Crippen LogP contribution in [0.2, 0.25) is 0 Å². The maximum absolute atomic E-state index is 3.75. The molecular weight excluding hydrogens is 172 g/mol. The molecule has 0 radical (unpaired) electrons. The lowest BCUT2D eigenvalue weighted by Gasteiger charge is -2.24. The van der Waals surface area contributed by atoms with Gasteiger partial charge in [0.05, 0.1) is 0 Å². The average molecular weight is 198 g/mol. The van der Waals surface area contributed by atoms with Crippen molar-refractivity contribution in [2.75, 3.05) is 20.6 Å². The second kappa shape index (κ2) is 6.41. The Morgan fingerprint density at radius 2 is 1.71 bits per heavy atom. The van der Waals surface area contributed by atoms with Crippen molar-refractivity contribution in [1.29, 1.82) is 0 Å². The highest BCUT2D eigenvalue weighted by Gasteiger charge is 2.14. The van der Waals surface area contributed by atoms with Gasteiger partial charge in [-0.15, -0.1) is 0 Å². The van der Waals surface area contributed by atoms with E-state index in [1.807, 2.05) is 0 Å². The third-order valence-corrected chi connectivity index (χ3v) is 3.01. The van der Waals surface area contributed by atoms with Crippen LogP contribution in [0, 0.1) is 0 Å².